The van der Waals surface area contributed by atoms with Crippen molar-refractivity contribution in [3.8, 4) is 0 Å². The van der Waals surface area contributed by atoms with Crippen LogP contribution in [0.3, 0.4) is 0 Å². The van der Waals surface area contributed by atoms with Gasteiger partial charge in [0.05, 0.1) is 0 Å². The lowest BCUT2D eigenvalue weighted by atomic mass is 10.1. The quantitative estimate of drug-likeness (QED) is 0.617. The van der Waals surface area contributed by atoms with E-state index in [-0.39, 0.29) is 0 Å². The zero-order valence-electron chi connectivity index (χ0n) is 6.20. The first kappa shape index (κ1) is 6.93. The normalized spacial score (nSPS) is 28.5. The standard InChI is InChI=1S/C8H14ClN/c9-5-8(3-4-8)6-10-7-1-2-7/h7,10H,1-6H2. The Bertz CT molecular complexity index is 127. The molecule has 0 aromatic rings. The maximum atomic E-state index is 5.82. The van der Waals surface area contributed by atoms with E-state index in [0.717, 1.165) is 11.9 Å². The summed E-state index contributed by atoms with van der Waals surface area (Å²) >= 11 is 5.82. The number of halogens is 1. The number of hydrogen-bond acceptors (Lipinski definition) is 1. The van der Waals surface area contributed by atoms with Crippen LogP contribution in [0.25, 0.3) is 0 Å². The summed E-state index contributed by atoms with van der Waals surface area (Å²) in [5, 5.41) is 3.53. The van der Waals surface area contributed by atoms with E-state index in [4.69, 9.17) is 11.6 Å². The highest BCUT2D eigenvalue weighted by molar-refractivity contribution is 6.18. The van der Waals surface area contributed by atoms with Crippen molar-refractivity contribution in [2.24, 2.45) is 5.41 Å². The van der Waals surface area contributed by atoms with E-state index < -0.39 is 0 Å². The van der Waals surface area contributed by atoms with E-state index in [1.807, 2.05) is 0 Å². The summed E-state index contributed by atoms with van der Waals surface area (Å²) < 4.78 is 0. The first-order valence-electron chi connectivity index (χ1n) is 4.14. The molecule has 2 aliphatic carbocycles. The van der Waals surface area contributed by atoms with E-state index in [1.165, 1.54) is 32.2 Å². The summed E-state index contributed by atoms with van der Waals surface area (Å²) in [6.45, 7) is 1.17. The first-order chi connectivity index (χ1) is 4.85. The zero-order valence-corrected chi connectivity index (χ0v) is 6.95. The highest BCUT2D eigenvalue weighted by Crippen LogP contribution is 2.46. The van der Waals surface area contributed by atoms with Crippen molar-refractivity contribution < 1.29 is 0 Å². The van der Waals surface area contributed by atoms with Gasteiger partial charge >= 0.3 is 0 Å². The summed E-state index contributed by atoms with van der Waals surface area (Å²) in [5.74, 6) is 0.854. The van der Waals surface area contributed by atoms with Crippen LogP contribution in [-0.2, 0) is 0 Å². The second kappa shape index (κ2) is 2.38. The maximum absolute atomic E-state index is 5.82. The van der Waals surface area contributed by atoms with E-state index in [2.05, 4.69) is 5.32 Å². The van der Waals surface area contributed by atoms with Crippen LogP contribution >= 0.6 is 11.6 Å². The average molecular weight is 160 g/mol. The second-order valence-corrected chi connectivity index (χ2v) is 4.06. The molecule has 2 rings (SSSR count). The Labute approximate surface area is 67.1 Å². The SMILES string of the molecule is ClCC1(CNC2CC2)CC1. The second-order valence-electron chi connectivity index (χ2n) is 3.79. The minimum absolute atomic E-state index is 0.518. The smallest absolute Gasteiger partial charge is 0.0292 e. The van der Waals surface area contributed by atoms with Gasteiger partial charge in [0.15, 0.2) is 0 Å². The molecular formula is C8H14ClN. The molecule has 0 aliphatic heterocycles. The molecule has 2 fully saturated rings. The molecule has 58 valence electrons. The van der Waals surface area contributed by atoms with E-state index in [1.54, 1.807) is 0 Å². The lowest BCUT2D eigenvalue weighted by Crippen LogP contribution is -2.26. The Morgan fingerprint density at radius 1 is 1.40 bits per heavy atom. The Morgan fingerprint density at radius 2 is 2.10 bits per heavy atom. The molecule has 2 heteroatoms. The lowest BCUT2D eigenvalue weighted by molar-refractivity contribution is 0.503. The largest absolute Gasteiger partial charge is 0.313 e. The van der Waals surface area contributed by atoms with E-state index in [0.29, 0.717) is 5.41 Å². The molecule has 0 radical (unpaired) electrons. The predicted octanol–water partition coefficient (Wildman–Crippen LogP) is 1.76. The summed E-state index contributed by atoms with van der Waals surface area (Å²) in [6.07, 6.45) is 5.46. The molecule has 0 atom stereocenters. The van der Waals surface area contributed by atoms with Gasteiger partial charge in [-0.3, -0.25) is 0 Å². The van der Waals surface area contributed by atoms with E-state index in [9.17, 15) is 0 Å². The maximum Gasteiger partial charge on any atom is 0.0292 e. The molecule has 0 unspecified atom stereocenters. The van der Waals surface area contributed by atoms with Crippen LogP contribution in [0.1, 0.15) is 25.7 Å². The molecule has 0 amide bonds. The van der Waals surface area contributed by atoms with Gasteiger partial charge in [0.1, 0.15) is 0 Å². The van der Waals surface area contributed by atoms with Gasteiger partial charge in [0.25, 0.3) is 0 Å². The van der Waals surface area contributed by atoms with Crippen LogP contribution in [0.2, 0.25) is 0 Å². The van der Waals surface area contributed by atoms with Crippen molar-refractivity contribution in [3.05, 3.63) is 0 Å². The molecule has 0 heterocycles. The number of hydrogen-bond donors (Lipinski definition) is 1. The third kappa shape index (κ3) is 1.46. The van der Waals surface area contributed by atoms with Gasteiger partial charge in [-0.25, -0.2) is 0 Å². The minimum Gasteiger partial charge on any atom is -0.313 e. The van der Waals surface area contributed by atoms with Gasteiger partial charge in [0, 0.05) is 18.5 Å². The fourth-order valence-corrected chi connectivity index (χ4v) is 1.54. The van der Waals surface area contributed by atoms with Crippen molar-refractivity contribution >= 4 is 11.6 Å². The van der Waals surface area contributed by atoms with Crippen LogP contribution in [0, 0.1) is 5.41 Å². The van der Waals surface area contributed by atoms with Gasteiger partial charge in [-0.2, -0.15) is 0 Å². The highest BCUT2D eigenvalue weighted by atomic mass is 35.5. The first-order valence-corrected chi connectivity index (χ1v) is 4.67. The molecular weight excluding hydrogens is 146 g/mol. The molecule has 10 heavy (non-hydrogen) atoms. The molecule has 0 saturated heterocycles. The number of nitrogens with one attached hydrogen (secondary N) is 1. The van der Waals surface area contributed by atoms with Crippen LogP contribution < -0.4 is 5.32 Å². The Kier molecular flexibility index (Phi) is 1.65. The summed E-state index contributed by atoms with van der Waals surface area (Å²) in [5.41, 5.74) is 0.518. The molecule has 0 aromatic carbocycles. The molecule has 2 saturated carbocycles. The Hall–Kier alpha value is 0.250. The molecule has 0 bridgehead atoms. The topological polar surface area (TPSA) is 12.0 Å². The Balaban J connectivity index is 1.68. The Morgan fingerprint density at radius 3 is 2.50 bits per heavy atom. The summed E-state index contributed by atoms with van der Waals surface area (Å²) in [7, 11) is 0. The van der Waals surface area contributed by atoms with Gasteiger partial charge in [-0.15, -0.1) is 11.6 Å². The molecule has 0 spiro atoms. The van der Waals surface area contributed by atoms with Gasteiger partial charge in [-0.05, 0) is 31.1 Å². The van der Waals surface area contributed by atoms with Crippen LogP contribution in [0.4, 0.5) is 0 Å². The van der Waals surface area contributed by atoms with Crippen molar-refractivity contribution in [3.63, 3.8) is 0 Å². The van der Waals surface area contributed by atoms with E-state index >= 15 is 0 Å². The molecule has 1 N–H and O–H groups in total. The zero-order chi connectivity index (χ0) is 7.03. The fourth-order valence-electron chi connectivity index (χ4n) is 1.18. The molecule has 1 nitrogen and oxygen atoms in total. The van der Waals surface area contributed by atoms with Gasteiger partial charge < -0.3 is 5.32 Å². The van der Waals surface area contributed by atoms with Crippen molar-refractivity contribution in [2.75, 3.05) is 12.4 Å². The van der Waals surface area contributed by atoms with Gasteiger partial charge in [0.2, 0.25) is 0 Å². The molecule has 2 aliphatic rings. The summed E-state index contributed by atoms with van der Waals surface area (Å²) in [6, 6.07) is 0.848. The number of rotatable bonds is 4. The van der Waals surface area contributed by atoms with Crippen LogP contribution in [0.15, 0.2) is 0 Å². The molecule has 0 aromatic heterocycles. The third-order valence-corrected chi connectivity index (χ3v) is 3.15. The summed E-state index contributed by atoms with van der Waals surface area (Å²) in [4.78, 5) is 0. The van der Waals surface area contributed by atoms with Crippen molar-refractivity contribution in [1.29, 1.82) is 0 Å². The van der Waals surface area contributed by atoms with Crippen LogP contribution in [0.5, 0.6) is 0 Å². The van der Waals surface area contributed by atoms with Gasteiger partial charge in [-0.1, -0.05) is 0 Å². The van der Waals surface area contributed by atoms with Crippen molar-refractivity contribution in [2.45, 2.75) is 31.7 Å². The van der Waals surface area contributed by atoms with Crippen LogP contribution in [-0.4, -0.2) is 18.5 Å². The fraction of sp³-hybridized carbons (Fsp3) is 1.00. The minimum atomic E-state index is 0.518. The highest BCUT2D eigenvalue weighted by Gasteiger charge is 2.42. The van der Waals surface area contributed by atoms with Crippen molar-refractivity contribution in [1.82, 2.24) is 5.32 Å². The number of alkyl halides is 1. The lowest BCUT2D eigenvalue weighted by Gasteiger charge is -2.10. The predicted molar refractivity (Wildman–Crippen MR) is 43.4 cm³/mol. The average Bonchev–Trinajstić information content (AvgIpc) is 2.83. The third-order valence-electron chi connectivity index (χ3n) is 2.58. The monoisotopic (exact) mass is 159 g/mol.